The molecule has 0 radical (unpaired) electrons. The zero-order valence-corrected chi connectivity index (χ0v) is 12.3. The minimum absolute atomic E-state index is 0.234. The predicted octanol–water partition coefficient (Wildman–Crippen LogP) is 2.64. The van der Waals surface area contributed by atoms with Crippen LogP contribution in [0.1, 0.15) is 24.8 Å². The number of sulfonamides is 1. The zero-order valence-electron chi connectivity index (χ0n) is 10.8. The van der Waals surface area contributed by atoms with E-state index >= 15 is 0 Å². The van der Waals surface area contributed by atoms with Gasteiger partial charge >= 0.3 is 0 Å². The van der Waals surface area contributed by atoms with E-state index < -0.39 is 10.0 Å². The molecule has 2 atom stereocenters. The molecule has 2 aliphatic rings. The predicted molar refractivity (Wildman–Crippen MR) is 75.9 cm³/mol. The Bertz CT molecular complexity index is 555. The molecule has 2 unspecified atom stereocenters. The van der Waals surface area contributed by atoms with Gasteiger partial charge in [-0.15, -0.1) is 11.6 Å². The molecule has 1 aliphatic heterocycles. The molecular weight excluding hydrogens is 282 g/mol. The molecule has 3 rings (SSSR count). The maximum atomic E-state index is 12.6. The first-order valence-corrected chi connectivity index (χ1v) is 8.75. The zero-order chi connectivity index (χ0) is 13.5. The molecule has 19 heavy (non-hydrogen) atoms. The number of hydrogen-bond donors (Lipinski definition) is 0. The van der Waals surface area contributed by atoms with Gasteiger partial charge < -0.3 is 0 Å². The summed E-state index contributed by atoms with van der Waals surface area (Å²) in [5.74, 6) is 1.14. The van der Waals surface area contributed by atoms with Gasteiger partial charge in [0.2, 0.25) is 10.0 Å². The van der Waals surface area contributed by atoms with Gasteiger partial charge in [0.15, 0.2) is 0 Å². The highest BCUT2D eigenvalue weighted by Gasteiger charge is 2.44. The van der Waals surface area contributed by atoms with Crippen LogP contribution < -0.4 is 0 Å². The molecule has 0 spiro atoms. The summed E-state index contributed by atoms with van der Waals surface area (Å²) in [5, 5.41) is 0. The summed E-state index contributed by atoms with van der Waals surface area (Å²) >= 11 is 5.69. The molecule has 1 saturated carbocycles. The summed E-state index contributed by atoms with van der Waals surface area (Å²) in [4.78, 5) is 0.415. The van der Waals surface area contributed by atoms with Crippen molar-refractivity contribution in [2.45, 2.75) is 36.6 Å². The highest BCUT2D eigenvalue weighted by atomic mass is 35.5. The lowest BCUT2D eigenvalue weighted by molar-refractivity contribution is 0.333. The van der Waals surface area contributed by atoms with Crippen LogP contribution in [0.25, 0.3) is 0 Å². The van der Waals surface area contributed by atoms with Crippen molar-refractivity contribution in [2.24, 2.45) is 5.92 Å². The molecule has 1 aromatic rings. The minimum atomic E-state index is -3.30. The second kappa shape index (κ2) is 5.08. The average Bonchev–Trinajstić information content (AvgIpc) is 3.02. The van der Waals surface area contributed by atoms with Gasteiger partial charge in [-0.1, -0.05) is 12.1 Å². The van der Waals surface area contributed by atoms with E-state index in [1.165, 1.54) is 6.42 Å². The summed E-state index contributed by atoms with van der Waals surface area (Å²) < 4.78 is 26.9. The molecule has 5 heteroatoms. The smallest absolute Gasteiger partial charge is 0.207 e. The molecule has 1 aliphatic carbocycles. The molecule has 1 aromatic carbocycles. The van der Waals surface area contributed by atoms with E-state index in [0.717, 1.165) is 24.8 Å². The Kier molecular flexibility index (Phi) is 3.58. The normalized spacial score (nSPS) is 27.0. The number of hydrogen-bond acceptors (Lipinski definition) is 2. The van der Waals surface area contributed by atoms with Crippen molar-refractivity contribution in [3.63, 3.8) is 0 Å². The lowest BCUT2D eigenvalue weighted by Gasteiger charge is -2.26. The molecule has 2 bridgehead atoms. The third-order valence-corrected chi connectivity index (χ3v) is 6.39. The van der Waals surface area contributed by atoms with Crippen molar-refractivity contribution in [1.82, 2.24) is 4.31 Å². The van der Waals surface area contributed by atoms with Crippen molar-refractivity contribution in [1.29, 1.82) is 0 Å². The average molecular weight is 300 g/mol. The number of aryl methyl sites for hydroxylation is 1. The summed E-state index contributed by atoms with van der Waals surface area (Å²) in [6.45, 7) is 0.705. The first-order valence-electron chi connectivity index (χ1n) is 6.78. The second-order valence-corrected chi connectivity index (χ2v) is 7.76. The molecule has 1 saturated heterocycles. The highest BCUT2D eigenvalue weighted by molar-refractivity contribution is 7.89. The molecule has 0 aromatic heterocycles. The maximum absolute atomic E-state index is 12.6. The van der Waals surface area contributed by atoms with E-state index in [4.69, 9.17) is 11.6 Å². The van der Waals surface area contributed by atoms with Crippen LogP contribution in [0.2, 0.25) is 0 Å². The fourth-order valence-electron chi connectivity index (χ4n) is 3.25. The van der Waals surface area contributed by atoms with Crippen LogP contribution in [0.4, 0.5) is 0 Å². The first kappa shape index (κ1) is 13.4. The van der Waals surface area contributed by atoms with Crippen molar-refractivity contribution >= 4 is 21.6 Å². The summed E-state index contributed by atoms with van der Waals surface area (Å²) in [7, 11) is -3.30. The van der Waals surface area contributed by atoms with Gasteiger partial charge in [-0.25, -0.2) is 8.42 Å². The van der Waals surface area contributed by atoms with Crippen molar-refractivity contribution in [3.05, 3.63) is 29.8 Å². The Labute approximate surface area is 119 Å². The number of rotatable bonds is 4. The van der Waals surface area contributed by atoms with E-state index in [0.29, 0.717) is 23.2 Å². The lowest BCUT2D eigenvalue weighted by atomic mass is 10.1. The van der Waals surface area contributed by atoms with Gasteiger partial charge in [-0.2, -0.15) is 4.31 Å². The monoisotopic (exact) mass is 299 g/mol. The maximum Gasteiger partial charge on any atom is 0.243 e. The quantitative estimate of drug-likeness (QED) is 0.802. The summed E-state index contributed by atoms with van der Waals surface area (Å²) in [5.41, 5.74) is 1.08. The fourth-order valence-corrected chi connectivity index (χ4v) is 5.21. The largest absolute Gasteiger partial charge is 0.243 e. The number of fused-ring (bicyclic) bond motifs is 2. The third kappa shape index (κ3) is 2.41. The lowest BCUT2D eigenvalue weighted by Crippen LogP contribution is -2.37. The third-order valence-electron chi connectivity index (χ3n) is 4.27. The van der Waals surface area contributed by atoms with Gasteiger partial charge in [0.25, 0.3) is 0 Å². The Balaban J connectivity index is 1.84. The Hall–Kier alpha value is -0.580. The van der Waals surface area contributed by atoms with Crippen LogP contribution in [0.3, 0.4) is 0 Å². The molecular formula is C14H18ClNO2S. The number of nitrogens with zero attached hydrogens (tertiary/aromatic N) is 1. The van der Waals surface area contributed by atoms with Crippen LogP contribution in [0, 0.1) is 5.92 Å². The summed E-state index contributed by atoms with van der Waals surface area (Å²) in [6.07, 6.45) is 4.03. The number of benzene rings is 1. The molecule has 3 nitrogen and oxygen atoms in total. The molecule has 1 heterocycles. The van der Waals surface area contributed by atoms with Gasteiger partial charge in [-0.3, -0.25) is 0 Å². The standard InChI is InChI=1S/C14H18ClNO2S/c15-8-7-11-2-5-14(6-3-11)19(17,18)16-10-12-1-4-13(16)9-12/h2-3,5-6,12-13H,1,4,7-10H2. The van der Waals surface area contributed by atoms with E-state index in [1.54, 1.807) is 16.4 Å². The Morgan fingerprint density at radius 3 is 2.47 bits per heavy atom. The van der Waals surface area contributed by atoms with E-state index in [9.17, 15) is 8.42 Å². The fraction of sp³-hybridized carbons (Fsp3) is 0.571. The van der Waals surface area contributed by atoms with Gasteiger partial charge in [-0.05, 0) is 49.3 Å². The molecule has 2 fully saturated rings. The highest BCUT2D eigenvalue weighted by Crippen LogP contribution is 2.40. The molecule has 0 N–H and O–H groups in total. The Morgan fingerprint density at radius 1 is 1.21 bits per heavy atom. The Morgan fingerprint density at radius 2 is 1.95 bits per heavy atom. The number of piperidine rings is 1. The van der Waals surface area contributed by atoms with Gasteiger partial charge in [0.05, 0.1) is 4.90 Å². The molecule has 104 valence electrons. The van der Waals surface area contributed by atoms with E-state index in [2.05, 4.69) is 0 Å². The van der Waals surface area contributed by atoms with Crippen LogP contribution in [-0.2, 0) is 16.4 Å². The van der Waals surface area contributed by atoms with Crippen LogP contribution >= 0.6 is 11.6 Å². The van der Waals surface area contributed by atoms with Crippen LogP contribution in [-0.4, -0.2) is 31.2 Å². The number of halogens is 1. The number of alkyl halides is 1. The van der Waals surface area contributed by atoms with Crippen molar-refractivity contribution in [3.8, 4) is 0 Å². The topological polar surface area (TPSA) is 37.4 Å². The van der Waals surface area contributed by atoms with Crippen molar-refractivity contribution < 1.29 is 8.42 Å². The van der Waals surface area contributed by atoms with Crippen LogP contribution in [0.5, 0.6) is 0 Å². The van der Waals surface area contributed by atoms with Crippen LogP contribution in [0.15, 0.2) is 29.2 Å². The molecule has 0 amide bonds. The second-order valence-electron chi connectivity index (χ2n) is 5.49. The van der Waals surface area contributed by atoms with Gasteiger partial charge in [0.1, 0.15) is 0 Å². The SMILES string of the molecule is O=S(=O)(c1ccc(CCCl)cc1)N1CC2CCC1C2. The minimum Gasteiger partial charge on any atom is -0.207 e. The van der Waals surface area contributed by atoms with Gasteiger partial charge in [0, 0.05) is 18.5 Å². The van der Waals surface area contributed by atoms with E-state index in [-0.39, 0.29) is 6.04 Å². The van der Waals surface area contributed by atoms with Crippen molar-refractivity contribution in [2.75, 3.05) is 12.4 Å². The first-order chi connectivity index (χ1) is 9.11. The van der Waals surface area contributed by atoms with E-state index in [1.807, 2.05) is 12.1 Å². The summed E-state index contributed by atoms with van der Waals surface area (Å²) in [6, 6.07) is 7.39.